The third kappa shape index (κ3) is 2.33. The van der Waals surface area contributed by atoms with Gasteiger partial charge in [0.1, 0.15) is 5.82 Å². The van der Waals surface area contributed by atoms with Crippen molar-refractivity contribution < 1.29 is 4.39 Å². The van der Waals surface area contributed by atoms with Crippen molar-refractivity contribution in [2.24, 2.45) is 5.73 Å². The lowest BCUT2D eigenvalue weighted by atomic mass is 9.98. The van der Waals surface area contributed by atoms with E-state index in [0.717, 1.165) is 20.1 Å². The Morgan fingerprint density at radius 3 is 2.50 bits per heavy atom. The molecule has 0 bridgehead atoms. The minimum Gasteiger partial charge on any atom is -0.320 e. The summed E-state index contributed by atoms with van der Waals surface area (Å²) in [6.45, 7) is 0. The topological polar surface area (TPSA) is 26.0 Å². The van der Waals surface area contributed by atoms with Gasteiger partial charge in [0.25, 0.3) is 0 Å². The average molecular weight is 415 g/mol. The van der Waals surface area contributed by atoms with Gasteiger partial charge in [-0.15, -0.1) is 11.3 Å². The van der Waals surface area contributed by atoms with Crippen molar-refractivity contribution >= 4 is 53.3 Å². The zero-order valence-electron chi connectivity index (χ0n) is 10.2. The van der Waals surface area contributed by atoms with Crippen molar-refractivity contribution in [2.75, 3.05) is 0 Å². The van der Waals surface area contributed by atoms with Gasteiger partial charge in [0.15, 0.2) is 0 Å². The summed E-state index contributed by atoms with van der Waals surface area (Å²) in [7, 11) is 0. The fraction of sp³-hybridized carbons (Fsp3) is 0.0667. The summed E-state index contributed by atoms with van der Waals surface area (Å²) in [6, 6.07) is 10.4. The van der Waals surface area contributed by atoms with Crippen LogP contribution in [0, 0.1) is 5.82 Å². The number of fused-ring (bicyclic) bond motifs is 1. The minimum absolute atomic E-state index is 0.291. The Bertz CT molecular complexity index is 764. The quantitative estimate of drug-likeness (QED) is 0.579. The Kier molecular flexibility index (Phi) is 3.95. The van der Waals surface area contributed by atoms with E-state index in [0.29, 0.717) is 10.0 Å². The molecule has 1 nitrogen and oxygen atoms in total. The van der Waals surface area contributed by atoms with E-state index in [4.69, 9.17) is 5.73 Å². The maximum atomic E-state index is 14.1. The molecule has 3 rings (SSSR count). The zero-order chi connectivity index (χ0) is 14.3. The molecule has 20 heavy (non-hydrogen) atoms. The Morgan fingerprint density at radius 2 is 1.75 bits per heavy atom. The number of nitrogens with two attached hydrogens (primary N) is 1. The van der Waals surface area contributed by atoms with Crippen LogP contribution in [0.15, 0.2) is 50.7 Å². The molecule has 102 valence electrons. The predicted molar refractivity (Wildman–Crippen MR) is 89.7 cm³/mol. The van der Waals surface area contributed by atoms with Crippen LogP contribution >= 0.6 is 43.2 Å². The molecule has 0 aliphatic carbocycles. The van der Waals surface area contributed by atoms with Crippen molar-refractivity contribution in [3.63, 3.8) is 0 Å². The first kappa shape index (κ1) is 14.2. The largest absolute Gasteiger partial charge is 0.320 e. The smallest absolute Gasteiger partial charge is 0.129 e. The molecule has 3 aromatic rings. The molecular weight excluding hydrogens is 405 g/mol. The van der Waals surface area contributed by atoms with E-state index in [-0.39, 0.29) is 5.82 Å². The van der Waals surface area contributed by atoms with Gasteiger partial charge >= 0.3 is 0 Å². The van der Waals surface area contributed by atoms with Crippen LogP contribution in [0.4, 0.5) is 4.39 Å². The summed E-state index contributed by atoms with van der Waals surface area (Å²) in [5, 5.41) is 3.06. The summed E-state index contributed by atoms with van der Waals surface area (Å²) >= 11 is 8.53. The standard InChI is InChI=1S/C15H10Br2FNS/c16-10-4-2-6-12(18)13(10)14(19)9-7-20-15-8(9)3-1-5-11(15)17/h1-7,14H,19H2. The van der Waals surface area contributed by atoms with E-state index in [9.17, 15) is 4.39 Å². The third-order valence-corrected chi connectivity index (χ3v) is 5.89. The number of benzene rings is 2. The van der Waals surface area contributed by atoms with Crippen LogP contribution in [-0.4, -0.2) is 0 Å². The number of halogens is 3. The Balaban J connectivity index is 2.18. The molecular formula is C15H10Br2FNS. The van der Waals surface area contributed by atoms with Gasteiger partial charge in [0.2, 0.25) is 0 Å². The lowest BCUT2D eigenvalue weighted by Crippen LogP contribution is -2.13. The zero-order valence-corrected chi connectivity index (χ0v) is 14.2. The van der Waals surface area contributed by atoms with E-state index in [2.05, 4.69) is 31.9 Å². The van der Waals surface area contributed by atoms with Crippen molar-refractivity contribution in [3.8, 4) is 0 Å². The second-order valence-electron chi connectivity index (χ2n) is 4.42. The van der Waals surface area contributed by atoms with Crippen LogP contribution < -0.4 is 5.73 Å². The molecule has 2 N–H and O–H groups in total. The predicted octanol–water partition coefficient (Wildman–Crippen LogP) is 5.61. The molecule has 2 aromatic carbocycles. The molecule has 1 atom stereocenters. The van der Waals surface area contributed by atoms with Crippen LogP contribution in [0.3, 0.4) is 0 Å². The van der Waals surface area contributed by atoms with E-state index in [1.54, 1.807) is 17.4 Å². The third-order valence-electron chi connectivity index (χ3n) is 3.23. The van der Waals surface area contributed by atoms with Gasteiger partial charge in [-0.1, -0.05) is 34.1 Å². The highest BCUT2D eigenvalue weighted by Gasteiger charge is 2.20. The first-order valence-corrected chi connectivity index (χ1v) is 8.41. The van der Waals surface area contributed by atoms with Gasteiger partial charge in [-0.05, 0) is 50.5 Å². The van der Waals surface area contributed by atoms with Gasteiger partial charge < -0.3 is 5.73 Å². The Labute approximate surface area is 136 Å². The first-order valence-electron chi connectivity index (χ1n) is 5.94. The molecule has 0 aliphatic rings. The van der Waals surface area contributed by atoms with Gasteiger partial charge in [-0.3, -0.25) is 0 Å². The van der Waals surface area contributed by atoms with Gasteiger partial charge in [-0.2, -0.15) is 0 Å². The molecule has 0 radical (unpaired) electrons. The lowest BCUT2D eigenvalue weighted by Gasteiger charge is -2.14. The maximum Gasteiger partial charge on any atom is 0.129 e. The molecule has 0 spiro atoms. The summed E-state index contributed by atoms with van der Waals surface area (Å²) in [6.07, 6.45) is 0. The van der Waals surface area contributed by atoms with E-state index in [1.807, 2.05) is 29.6 Å². The average Bonchev–Trinajstić information content (AvgIpc) is 2.83. The number of rotatable bonds is 2. The number of hydrogen-bond donors (Lipinski definition) is 1. The molecule has 5 heteroatoms. The molecule has 0 amide bonds. The Morgan fingerprint density at radius 1 is 1.05 bits per heavy atom. The highest BCUT2D eigenvalue weighted by Crippen LogP contribution is 2.38. The van der Waals surface area contributed by atoms with Crippen molar-refractivity contribution in [2.45, 2.75) is 6.04 Å². The summed E-state index contributed by atoms with van der Waals surface area (Å²) in [5.74, 6) is -0.291. The van der Waals surface area contributed by atoms with E-state index >= 15 is 0 Å². The first-order chi connectivity index (χ1) is 9.59. The molecule has 0 saturated carbocycles. The number of hydrogen-bond acceptors (Lipinski definition) is 2. The molecule has 1 heterocycles. The summed E-state index contributed by atoms with van der Waals surface area (Å²) < 4.78 is 16.9. The molecule has 0 fully saturated rings. The summed E-state index contributed by atoms with van der Waals surface area (Å²) in [4.78, 5) is 0. The fourth-order valence-electron chi connectivity index (χ4n) is 2.25. The van der Waals surface area contributed by atoms with Crippen LogP contribution in [0.5, 0.6) is 0 Å². The second-order valence-corrected chi connectivity index (χ2v) is 7.01. The Hall–Kier alpha value is -0.750. The second kappa shape index (κ2) is 5.56. The highest BCUT2D eigenvalue weighted by molar-refractivity contribution is 9.11. The SMILES string of the molecule is NC(c1c(F)cccc1Br)c1csc2c(Br)cccc12. The van der Waals surface area contributed by atoms with Gasteiger partial charge in [-0.25, -0.2) is 4.39 Å². The van der Waals surface area contributed by atoms with Crippen molar-refractivity contribution in [1.82, 2.24) is 0 Å². The maximum absolute atomic E-state index is 14.1. The van der Waals surface area contributed by atoms with Gasteiger partial charge in [0, 0.05) is 19.2 Å². The van der Waals surface area contributed by atoms with Crippen LogP contribution in [-0.2, 0) is 0 Å². The summed E-state index contributed by atoms with van der Waals surface area (Å²) in [5.41, 5.74) is 7.73. The monoisotopic (exact) mass is 413 g/mol. The normalized spacial score (nSPS) is 12.8. The van der Waals surface area contributed by atoms with Crippen LogP contribution in [0.2, 0.25) is 0 Å². The van der Waals surface area contributed by atoms with E-state index in [1.165, 1.54) is 6.07 Å². The van der Waals surface area contributed by atoms with Crippen molar-refractivity contribution in [3.05, 3.63) is 67.7 Å². The van der Waals surface area contributed by atoms with Crippen LogP contribution in [0.1, 0.15) is 17.2 Å². The minimum atomic E-state index is -0.492. The van der Waals surface area contributed by atoms with E-state index < -0.39 is 6.04 Å². The molecule has 0 saturated heterocycles. The lowest BCUT2D eigenvalue weighted by molar-refractivity contribution is 0.598. The van der Waals surface area contributed by atoms with Crippen LogP contribution in [0.25, 0.3) is 10.1 Å². The van der Waals surface area contributed by atoms with Gasteiger partial charge in [0.05, 0.1) is 6.04 Å². The molecule has 1 unspecified atom stereocenters. The molecule has 0 aliphatic heterocycles. The number of thiophene rings is 1. The highest BCUT2D eigenvalue weighted by atomic mass is 79.9. The van der Waals surface area contributed by atoms with Crippen molar-refractivity contribution in [1.29, 1.82) is 0 Å². The molecule has 1 aromatic heterocycles. The fourth-order valence-corrected chi connectivity index (χ4v) is 4.49.